The third-order valence-corrected chi connectivity index (χ3v) is 3.37. The molecule has 0 aliphatic rings. The van der Waals surface area contributed by atoms with Crippen LogP contribution in [0.25, 0.3) is 0 Å². The lowest BCUT2D eigenvalue weighted by Crippen LogP contribution is -2.31. The molecule has 0 saturated carbocycles. The molecule has 0 spiro atoms. The van der Waals surface area contributed by atoms with Crippen LogP contribution in [0.1, 0.15) is 24.6 Å². The highest BCUT2D eigenvalue weighted by Crippen LogP contribution is 2.09. The summed E-state index contributed by atoms with van der Waals surface area (Å²) < 4.78 is 1.95. The first-order valence-electron chi connectivity index (χ1n) is 6.88. The molecule has 1 atom stereocenters. The molecule has 19 heavy (non-hydrogen) atoms. The van der Waals surface area contributed by atoms with E-state index in [1.807, 2.05) is 36.4 Å². The van der Waals surface area contributed by atoms with Crippen LogP contribution < -0.4 is 5.32 Å². The van der Waals surface area contributed by atoms with Crippen LogP contribution in [0.4, 0.5) is 0 Å². The fraction of sp³-hybridized carbons (Fsp3) is 0.467. The van der Waals surface area contributed by atoms with E-state index in [9.17, 15) is 0 Å². The van der Waals surface area contributed by atoms with Crippen molar-refractivity contribution in [3.63, 3.8) is 0 Å². The number of likely N-dealkylation sites (N-methyl/N-ethyl adjacent to an activating group) is 1. The van der Waals surface area contributed by atoms with Crippen molar-refractivity contribution in [3.8, 4) is 0 Å². The molecule has 0 bridgehead atoms. The summed E-state index contributed by atoms with van der Waals surface area (Å²) in [6.07, 6.45) is 8.82. The molecule has 0 radical (unpaired) electrons. The minimum absolute atomic E-state index is 0.490. The number of pyridine rings is 1. The Morgan fingerprint density at radius 1 is 1.32 bits per heavy atom. The van der Waals surface area contributed by atoms with Gasteiger partial charge in [0.25, 0.3) is 0 Å². The predicted molar refractivity (Wildman–Crippen MR) is 76.9 cm³/mol. The van der Waals surface area contributed by atoms with Gasteiger partial charge in [-0.25, -0.2) is 0 Å². The predicted octanol–water partition coefficient (Wildman–Crippen LogP) is 1.97. The molecule has 2 aromatic heterocycles. The van der Waals surface area contributed by atoms with E-state index in [2.05, 4.69) is 34.5 Å². The molecular weight excluding hydrogens is 236 g/mol. The van der Waals surface area contributed by atoms with Gasteiger partial charge in [-0.3, -0.25) is 9.67 Å². The molecule has 1 N–H and O–H groups in total. The van der Waals surface area contributed by atoms with Gasteiger partial charge in [0.1, 0.15) is 0 Å². The topological polar surface area (TPSA) is 42.7 Å². The molecule has 0 aliphatic heterocycles. The Balaban J connectivity index is 1.91. The molecule has 4 nitrogen and oxygen atoms in total. The molecule has 0 saturated heterocycles. The maximum Gasteiger partial charge on any atom is 0.0492 e. The lowest BCUT2D eigenvalue weighted by molar-refractivity contribution is 0.483. The van der Waals surface area contributed by atoms with Crippen LogP contribution in [-0.2, 0) is 19.9 Å². The van der Waals surface area contributed by atoms with Crippen LogP contribution in [0.5, 0.6) is 0 Å². The summed E-state index contributed by atoms with van der Waals surface area (Å²) in [4.78, 5) is 4.18. The number of nitrogens with zero attached hydrogens (tertiary/aromatic N) is 3. The van der Waals surface area contributed by atoms with Crippen molar-refractivity contribution in [2.45, 2.75) is 32.2 Å². The average molecular weight is 258 g/mol. The van der Waals surface area contributed by atoms with E-state index in [0.717, 1.165) is 25.8 Å². The van der Waals surface area contributed by atoms with Crippen LogP contribution >= 0.6 is 0 Å². The zero-order chi connectivity index (χ0) is 13.5. The second-order valence-electron chi connectivity index (χ2n) is 4.80. The van der Waals surface area contributed by atoms with Crippen molar-refractivity contribution in [2.24, 2.45) is 7.05 Å². The minimum atomic E-state index is 0.490. The highest BCUT2D eigenvalue weighted by atomic mass is 15.2. The number of hydrogen-bond acceptors (Lipinski definition) is 3. The standard InChI is InChI=1S/C15H22N4/c1-3-17-14(11-13-5-4-9-16-12-13)6-7-15-8-10-18-19(15)2/h4-5,8-10,12,14,17H,3,6-7,11H2,1-2H3. The van der Waals surface area contributed by atoms with E-state index in [-0.39, 0.29) is 0 Å². The first-order valence-corrected chi connectivity index (χ1v) is 6.88. The summed E-state index contributed by atoms with van der Waals surface area (Å²) in [5.41, 5.74) is 2.58. The normalized spacial score (nSPS) is 12.5. The number of nitrogens with one attached hydrogen (secondary N) is 1. The van der Waals surface area contributed by atoms with Crippen molar-refractivity contribution < 1.29 is 0 Å². The Kier molecular flexibility index (Phi) is 5.10. The summed E-state index contributed by atoms with van der Waals surface area (Å²) in [5.74, 6) is 0. The van der Waals surface area contributed by atoms with E-state index >= 15 is 0 Å². The smallest absolute Gasteiger partial charge is 0.0492 e. The lowest BCUT2D eigenvalue weighted by atomic mass is 10.0. The number of aromatic nitrogens is 3. The third-order valence-electron chi connectivity index (χ3n) is 3.37. The van der Waals surface area contributed by atoms with Gasteiger partial charge in [-0.15, -0.1) is 0 Å². The molecule has 0 aromatic carbocycles. The van der Waals surface area contributed by atoms with Crippen molar-refractivity contribution in [1.29, 1.82) is 0 Å². The lowest BCUT2D eigenvalue weighted by Gasteiger charge is -2.17. The van der Waals surface area contributed by atoms with E-state index in [1.165, 1.54) is 11.3 Å². The maximum absolute atomic E-state index is 4.21. The molecule has 4 heteroatoms. The van der Waals surface area contributed by atoms with Gasteiger partial charge in [0.15, 0.2) is 0 Å². The molecule has 102 valence electrons. The van der Waals surface area contributed by atoms with Crippen LogP contribution in [0, 0.1) is 0 Å². The van der Waals surface area contributed by atoms with Crippen LogP contribution in [0.3, 0.4) is 0 Å². The van der Waals surface area contributed by atoms with Gasteiger partial charge >= 0.3 is 0 Å². The summed E-state index contributed by atoms with van der Waals surface area (Å²) >= 11 is 0. The highest BCUT2D eigenvalue weighted by Gasteiger charge is 2.10. The van der Waals surface area contributed by atoms with Gasteiger partial charge in [-0.2, -0.15) is 5.10 Å². The van der Waals surface area contributed by atoms with Crippen molar-refractivity contribution in [3.05, 3.63) is 48.0 Å². The molecular formula is C15H22N4. The fourth-order valence-electron chi connectivity index (χ4n) is 2.34. The second-order valence-corrected chi connectivity index (χ2v) is 4.80. The summed E-state index contributed by atoms with van der Waals surface area (Å²) in [6.45, 7) is 3.15. The van der Waals surface area contributed by atoms with Gasteiger partial charge in [-0.05, 0) is 43.5 Å². The highest BCUT2D eigenvalue weighted by molar-refractivity contribution is 5.10. The third kappa shape index (κ3) is 4.17. The van der Waals surface area contributed by atoms with Crippen LogP contribution in [0.2, 0.25) is 0 Å². The molecule has 2 rings (SSSR count). The van der Waals surface area contributed by atoms with Crippen molar-refractivity contribution in [2.75, 3.05) is 6.54 Å². The second kappa shape index (κ2) is 7.04. The largest absolute Gasteiger partial charge is 0.314 e. The molecule has 0 amide bonds. The molecule has 2 heterocycles. The van der Waals surface area contributed by atoms with Gasteiger partial charge in [0.2, 0.25) is 0 Å². The van der Waals surface area contributed by atoms with E-state index in [1.54, 1.807) is 0 Å². The van der Waals surface area contributed by atoms with Crippen LogP contribution in [0.15, 0.2) is 36.8 Å². The summed E-state index contributed by atoms with van der Waals surface area (Å²) in [5, 5.41) is 7.77. The Morgan fingerprint density at radius 2 is 2.21 bits per heavy atom. The van der Waals surface area contributed by atoms with E-state index in [0.29, 0.717) is 6.04 Å². The van der Waals surface area contributed by atoms with Gasteiger partial charge < -0.3 is 5.32 Å². The summed E-state index contributed by atoms with van der Waals surface area (Å²) in [7, 11) is 2.00. The fourth-order valence-corrected chi connectivity index (χ4v) is 2.34. The van der Waals surface area contributed by atoms with E-state index < -0.39 is 0 Å². The Hall–Kier alpha value is -1.68. The first kappa shape index (κ1) is 13.7. The Bertz CT molecular complexity index is 478. The van der Waals surface area contributed by atoms with Crippen molar-refractivity contribution in [1.82, 2.24) is 20.1 Å². The molecule has 0 fully saturated rings. The quantitative estimate of drug-likeness (QED) is 0.825. The van der Waals surface area contributed by atoms with E-state index in [4.69, 9.17) is 0 Å². The van der Waals surface area contributed by atoms with Crippen LogP contribution in [-0.4, -0.2) is 27.4 Å². The Morgan fingerprint density at radius 3 is 2.84 bits per heavy atom. The van der Waals surface area contributed by atoms with Crippen molar-refractivity contribution >= 4 is 0 Å². The number of hydrogen-bond donors (Lipinski definition) is 1. The average Bonchev–Trinajstić information content (AvgIpc) is 2.83. The first-order chi connectivity index (χ1) is 9.29. The number of rotatable bonds is 7. The van der Waals surface area contributed by atoms with Gasteiger partial charge in [0.05, 0.1) is 0 Å². The molecule has 0 aliphatic carbocycles. The molecule has 1 unspecified atom stereocenters. The monoisotopic (exact) mass is 258 g/mol. The minimum Gasteiger partial charge on any atom is -0.314 e. The molecule has 2 aromatic rings. The van der Waals surface area contributed by atoms with Gasteiger partial charge in [-0.1, -0.05) is 13.0 Å². The summed E-state index contributed by atoms with van der Waals surface area (Å²) in [6, 6.07) is 6.72. The maximum atomic E-state index is 4.21. The Labute approximate surface area is 114 Å². The number of aryl methyl sites for hydroxylation is 2. The zero-order valence-corrected chi connectivity index (χ0v) is 11.7. The van der Waals surface area contributed by atoms with Gasteiger partial charge in [0, 0.05) is 37.4 Å². The zero-order valence-electron chi connectivity index (χ0n) is 11.7. The SMILES string of the molecule is CCNC(CCc1ccnn1C)Cc1cccnc1.